The molecule has 122 valence electrons. The number of hydrogen-bond acceptors (Lipinski definition) is 4. The van der Waals surface area contributed by atoms with Gasteiger partial charge in [0, 0.05) is 11.4 Å². The van der Waals surface area contributed by atoms with Gasteiger partial charge in [0.2, 0.25) is 11.8 Å². The molecular weight excluding hydrogens is 305 g/mol. The quantitative estimate of drug-likeness (QED) is 0.658. The van der Waals surface area contributed by atoms with Gasteiger partial charge < -0.3 is 16.4 Å². The van der Waals surface area contributed by atoms with Crippen LogP contribution in [0.15, 0.2) is 23.1 Å². The van der Waals surface area contributed by atoms with Gasteiger partial charge in [0.1, 0.15) is 5.82 Å². The second kappa shape index (κ2) is 8.75. The number of halogens is 1. The highest BCUT2D eigenvalue weighted by Crippen LogP contribution is 2.20. The largest absolute Gasteiger partial charge is 0.350 e. The van der Waals surface area contributed by atoms with Crippen molar-refractivity contribution in [1.29, 1.82) is 0 Å². The Kier molecular flexibility index (Phi) is 7.34. The van der Waals surface area contributed by atoms with E-state index in [0.717, 1.165) is 4.90 Å². The number of carbonyl (C=O) groups is 2. The summed E-state index contributed by atoms with van der Waals surface area (Å²) in [7, 11) is 0. The predicted molar refractivity (Wildman–Crippen MR) is 85.9 cm³/mol. The topological polar surface area (TPSA) is 84.2 Å². The number of thioether (sulfide) groups is 1. The van der Waals surface area contributed by atoms with Gasteiger partial charge in [-0.3, -0.25) is 9.59 Å². The number of nitrogens with one attached hydrogen (secondary N) is 2. The van der Waals surface area contributed by atoms with Gasteiger partial charge in [-0.25, -0.2) is 4.39 Å². The maximum Gasteiger partial charge on any atom is 0.239 e. The molecule has 0 aliphatic carbocycles. The molecule has 1 aromatic rings. The molecule has 0 fully saturated rings. The monoisotopic (exact) mass is 327 g/mol. The molecule has 5 nitrogen and oxygen atoms in total. The third-order valence-electron chi connectivity index (χ3n) is 3.16. The van der Waals surface area contributed by atoms with Crippen molar-refractivity contribution in [2.45, 2.75) is 31.3 Å². The van der Waals surface area contributed by atoms with Crippen molar-refractivity contribution in [3.8, 4) is 0 Å². The Morgan fingerprint density at radius 2 is 2.00 bits per heavy atom. The highest BCUT2D eigenvalue weighted by Gasteiger charge is 2.17. The standard InChI is InChI=1S/C15H22FN3O2S/c1-9(2)14(17)15(21)19-8-13(20)18-7-10-6-11(16)4-5-12(10)22-3/h4-6,9,14H,7-8,17H2,1-3H3,(H,18,20)(H,19,21)/t14-/m0/s1. The third-order valence-corrected chi connectivity index (χ3v) is 4.00. The molecule has 22 heavy (non-hydrogen) atoms. The molecule has 0 heterocycles. The fraction of sp³-hybridized carbons (Fsp3) is 0.467. The summed E-state index contributed by atoms with van der Waals surface area (Å²) in [4.78, 5) is 24.3. The molecule has 0 bridgehead atoms. The lowest BCUT2D eigenvalue weighted by molar-refractivity contribution is -0.127. The van der Waals surface area contributed by atoms with Crippen LogP contribution >= 0.6 is 11.8 Å². The molecule has 0 radical (unpaired) electrons. The van der Waals surface area contributed by atoms with Crippen LogP contribution in [0.2, 0.25) is 0 Å². The van der Waals surface area contributed by atoms with Crippen LogP contribution in [0.1, 0.15) is 19.4 Å². The summed E-state index contributed by atoms with van der Waals surface area (Å²) in [5, 5.41) is 5.13. The summed E-state index contributed by atoms with van der Waals surface area (Å²) >= 11 is 1.48. The maximum atomic E-state index is 13.2. The number of hydrogen-bond donors (Lipinski definition) is 3. The van der Waals surface area contributed by atoms with E-state index in [1.807, 2.05) is 20.1 Å². The van der Waals surface area contributed by atoms with E-state index in [4.69, 9.17) is 5.73 Å². The van der Waals surface area contributed by atoms with Gasteiger partial charge >= 0.3 is 0 Å². The summed E-state index contributed by atoms with van der Waals surface area (Å²) in [6.07, 6.45) is 1.88. The van der Waals surface area contributed by atoms with Gasteiger partial charge in [-0.15, -0.1) is 11.8 Å². The van der Waals surface area contributed by atoms with Gasteiger partial charge in [-0.1, -0.05) is 13.8 Å². The number of nitrogens with two attached hydrogens (primary N) is 1. The molecule has 0 aliphatic rings. The molecule has 0 spiro atoms. The molecular formula is C15H22FN3O2S. The Hall–Kier alpha value is -1.60. The van der Waals surface area contributed by atoms with Gasteiger partial charge in [-0.05, 0) is 35.9 Å². The fourth-order valence-electron chi connectivity index (χ4n) is 1.73. The third kappa shape index (κ3) is 5.65. The molecule has 0 aliphatic heterocycles. The van der Waals surface area contributed by atoms with E-state index in [1.165, 1.54) is 23.9 Å². The zero-order chi connectivity index (χ0) is 16.7. The van der Waals surface area contributed by atoms with E-state index in [0.29, 0.717) is 5.56 Å². The molecule has 1 aromatic carbocycles. The fourth-order valence-corrected chi connectivity index (χ4v) is 2.33. The van der Waals surface area contributed by atoms with Crippen molar-refractivity contribution in [1.82, 2.24) is 10.6 Å². The van der Waals surface area contributed by atoms with Crippen LogP contribution in [0, 0.1) is 11.7 Å². The summed E-state index contributed by atoms with van der Waals surface area (Å²) in [5.41, 5.74) is 6.38. The summed E-state index contributed by atoms with van der Waals surface area (Å²) in [6.45, 7) is 3.72. The minimum absolute atomic E-state index is 0.000470. The van der Waals surface area contributed by atoms with E-state index < -0.39 is 6.04 Å². The Morgan fingerprint density at radius 3 is 2.59 bits per heavy atom. The maximum absolute atomic E-state index is 13.2. The first-order valence-electron chi connectivity index (χ1n) is 6.97. The van der Waals surface area contributed by atoms with Gasteiger partial charge in [-0.2, -0.15) is 0 Å². The minimum Gasteiger partial charge on any atom is -0.350 e. The molecule has 0 saturated heterocycles. The zero-order valence-electron chi connectivity index (χ0n) is 13.0. The highest BCUT2D eigenvalue weighted by molar-refractivity contribution is 7.98. The van der Waals surface area contributed by atoms with Gasteiger partial charge in [0.15, 0.2) is 0 Å². The number of amides is 2. The van der Waals surface area contributed by atoms with E-state index in [1.54, 1.807) is 6.07 Å². The molecule has 1 rings (SSSR count). The van der Waals surface area contributed by atoms with E-state index in [-0.39, 0.29) is 36.6 Å². The summed E-state index contributed by atoms with van der Waals surface area (Å²) in [6, 6.07) is 3.80. The van der Waals surface area contributed by atoms with Crippen LogP contribution in [-0.4, -0.2) is 30.7 Å². The van der Waals surface area contributed by atoms with Crippen LogP contribution in [0.5, 0.6) is 0 Å². The Bertz CT molecular complexity index is 538. The second-order valence-electron chi connectivity index (χ2n) is 5.22. The first-order valence-corrected chi connectivity index (χ1v) is 8.20. The van der Waals surface area contributed by atoms with Crippen LogP contribution in [0.4, 0.5) is 4.39 Å². The summed E-state index contributed by atoms with van der Waals surface area (Å²) < 4.78 is 13.2. The lowest BCUT2D eigenvalue weighted by atomic mass is 10.1. The first kappa shape index (κ1) is 18.4. The second-order valence-corrected chi connectivity index (χ2v) is 6.07. The summed E-state index contributed by atoms with van der Waals surface area (Å²) in [5.74, 6) is -1.06. The number of rotatable bonds is 7. The first-order chi connectivity index (χ1) is 10.3. The SMILES string of the molecule is CSc1ccc(F)cc1CNC(=O)CNC(=O)[C@@H](N)C(C)C. The van der Waals surface area contributed by atoms with Crippen LogP contribution in [0.25, 0.3) is 0 Å². The predicted octanol–water partition coefficient (Wildman–Crippen LogP) is 1.26. The van der Waals surface area contributed by atoms with Gasteiger partial charge in [0.05, 0.1) is 12.6 Å². The van der Waals surface area contributed by atoms with E-state index in [2.05, 4.69) is 10.6 Å². The zero-order valence-corrected chi connectivity index (χ0v) is 13.8. The van der Waals surface area contributed by atoms with Crippen molar-refractivity contribution in [2.75, 3.05) is 12.8 Å². The van der Waals surface area contributed by atoms with Crippen molar-refractivity contribution in [3.05, 3.63) is 29.6 Å². The molecule has 0 unspecified atom stereocenters. The van der Waals surface area contributed by atoms with Crippen molar-refractivity contribution >= 4 is 23.6 Å². The molecule has 0 aromatic heterocycles. The number of carbonyl (C=O) groups excluding carboxylic acids is 2. The average Bonchev–Trinajstić information content (AvgIpc) is 2.49. The molecule has 4 N–H and O–H groups in total. The minimum atomic E-state index is -0.640. The molecule has 2 amide bonds. The van der Waals surface area contributed by atoms with Crippen LogP contribution in [-0.2, 0) is 16.1 Å². The highest BCUT2D eigenvalue weighted by atomic mass is 32.2. The Morgan fingerprint density at radius 1 is 1.32 bits per heavy atom. The van der Waals surface area contributed by atoms with Crippen LogP contribution in [0.3, 0.4) is 0 Å². The van der Waals surface area contributed by atoms with Crippen molar-refractivity contribution < 1.29 is 14.0 Å². The molecule has 1 atom stereocenters. The molecule has 7 heteroatoms. The lowest BCUT2D eigenvalue weighted by Crippen LogP contribution is -2.47. The molecule has 0 saturated carbocycles. The van der Waals surface area contributed by atoms with Crippen molar-refractivity contribution in [2.24, 2.45) is 11.7 Å². The van der Waals surface area contributed by atoms with Gasteiger partial charge in [0.25, 0.3) is 0 Å². The Labute approximate surface area is 134 Å². The van der Waals surface area contributed by atoms with Crippen LogP contribution < -0.4 is 16.4 Å². The average molecular weight is 327 g/mol. The number of benzene rings is 1. The van der Waals surface area contributed by atoms with E-state index in [9.17, 15) is 14.0 Å². The van der Waals surface area contributed by atoms with E-state index >= 15 is 0 Å². The lowest BCUT2D eigenvalue weighted by Gasteiger charge is -2.15. The Balaban J connectivity index is 2.47. The smallest absolute Gasteiger partial charge is 0.239 e. The van der Waals surface area contributed by atoms with Crippen molar-refractivity contribution in [3.63, 3.8) is 0 Å². The normalized spacial score (nSPS) is 12.1.